The molecule has 25 heavy (non-hydrogen) atoms. The minimum atomic E-state index is -0.892. The number of benzene rings is 2. The number of amides is 1. The van der Waals surface area contributed by atoms with Crippen molar-refractivity contribution in [1.82, 2.24) is 4.98 Å². The fourth-order valence-electron chi connectivity index (χ4n) is 2.29. The third-order valence-electron chi connectivity index (χ3n) is 3.44. The van der Waals surface area contributed by atoms with Crippen LogP contribution in [-0.4, -0.2) is 20.9 Å². The summed E-state index contributed by atoms with van der Waals surface area (Å²) in [6.07, 6.45) is 1.09. The maximum absolute atomic E-state index is 12.3. The summed E-state index contributed by atoms with van der Waals surface area (Å²) >= 11 is 0. The van der Waals surface area contributed by atoms with Crippen LogP contribution in [0.4, 0.5) is 5.82 Å². The number of carbonyl (C=O) groups is 1. The van der Waals surface area contributed by atoms with Crippen molar-refractivity contribution in [2.24, 2.45) is 0 Å². The Hall–Kier alpha value is -3.74. The molecule has 2 aromatic carbocycles. The lowest BCUT2D eigenvalue weighted by Gasteiger charge is -2.04. The molecule has 0 spiro atoms. The van der Waals surface area contributed by atoms with E-state index in [4.69, 9.17) is 0 Å². The number of pyridine rings is 1. The van der Waals surface area contributed by atoms with Gasteiger partial charge in [-0.1, -0.05) is 30.3 Å². The van der Waals surface area contributed by atoms with Gasteiger partial charge in [0.2, 0.25) is 0 Å². The van der Waals surface area contributed by atoms with E-state index in [1.165, 1.54) is 18.2 Å². The lowest BCUT2D eigenvalue weighted by Crippen LogP contribution is -2.20. The van der Waals surface area contributed by atoms with Crippen LogP contribution in [0.15, 0.2) is 66.4 Å². The number of phenolic OH excluding ortho intramolecular Hbond substituents is 1. The summed E-state index contributed by atoms with van der Waals surface area (Å²) in [5.74, 6) is -0.725. The van der Waals surface area contributed by atoms with Gasteiger partial charge in [0, 0.05) is 11.5 Å². The summed E-state index contributed by atoms with van der Waals surface area (Å²) in [6, 6.07) is 16.5. The average molecular weight is 335 g/mol. The van der Waals surface area contributed by atoms with Crippen LogP contribution in [-0.2, 0) is 4.79 Å². The van der Waals surface area contributed by atoms with E-state index in [1.54, 1.807) is 24.3 Å². The Morgan fingerprint density at radius 2 is 1.92 bits per heavy atom. The Balaban J connectivity index is 1.88. The van der Waals surface area contributed by atoms with Gasteiger partial charge in [0.25, 0.3) is 0 Å². The quantitative estimate of drug-likeness (QED) is 0.433. The molecule has 1 aromatic heterocycles. The van der Waals surface area contributed by atoms with Crippen molar-refractivity contribution in [3.8, 4) is 5.75 Å². The van der Waals surface area contributed by atoms with Crippen LogP contribution in [0.5, 0.6) is 5.75 Å². The highest BCUT2D eigenvalue weighted by Crippen LogP contribution is 2.17. The molecule has 7 nitrogen and oxygen atoms in total. The van der Waals surface area contributed by atoms with Crippen molar-refractivity contribution in [2.75, 3.05) is 5.32 Å². The molecule has 3 rings (SSSR count). The van der Waals surface area contributed by atoms with Crippen LogP contribution in [0.3, 0.4) is 0 Å². The highest BCUT2D eigenvalue weighted by atomic mass is 16.6. The second kappa shape index (κ2) is 6.79. The lowest BCUT2D eigenvalue weighted by atomic mass is 10.2. The van der Waals surface area contributed by atoms with Crippen molar-refractivity contribution in [3.05, 3.63) is 82.0 Å². The zero-order valence-electron chi connectivity index (χ0n) is 12.9. The van der Waals surface area contributed by atoms with Gasteiger partial charge >= 0.3 is 11.6 Å². The number of aromatic hydroxyl groups is 1. The van der Waals surface area contributed by atoms with Crippen molar-refractivity contribution < 1.29 is 14.8 Å². The van der Waals surface area contributed by atoms with Gasteiger partial charge in [0.05, 0.1) is 10.4 Å². The molecule has 1 amide bonds. The number of anilines is 1. The van der Waals surface area contributed by atoms with Gasteiger partial charge in [0.1, 0.15) is 11.6 Å². The Morgan fingerprint density at radius 3 is 2.68 bits per heavy atom. The number of aromatic nitrogens is 1. The number of fused-ring (bicyclic) bond motifs is 1. The molecule has 0 aliphatic carbocycles. The first-order valence-electron chi connectivity index (χ1n) is 7.35. The number of phenols is 1. The summed E-state index contributed by atoms with van der Waals surface area (Å²) in [5, 5.41) is 24.0. The maximum Gasteiger partial charge on any atom is 0.334 e. The number of rotatable bonds is 4. The van der Waals surface area contributed by atoms with Crippen LogP contribution in [0.1, 0.15) is 5.56 Å². The Bertz CT molecular complexity index is 998. The normalized spacial score (nSPS) is 11.3. The van der Waals surface area contributed by atoms with E-state index in [0.29, 0.717) is 11.1 Å². The standard InChI is InChI=1S/C18H13N3O4/c22-14-6-3-4-12(10-14)11-16(21(24)25)18(23)20-17-9-8-13-5-1-2-7-15(13)19-17/h1-11,22H,(H,19,20,23). The molecular formula is C18H13N3O4. The Morgan fingerprint density at radius 1 is 1.12 bits per heavy atom. The number of nitrogens with one attached hydrogen (secondary N) is 1. The van der Waals surface area contributed by atoms with E-state index in [9.17, 15) is 20.0 Å². The molecule has 1 heterocycles. The van der Waals surface area contributed by atoms with E-state index >= 15 is 0 Å². The van der Waals surface area contributed by atoms with Gasteiger partial charge in [-0.15, -0.1) is 0 Å². The second-order valence-electron chi connectivity index (χ2n) is 5.22. The van der Waals surface area contributed by atoms with Gasteiger partial charge in [-0.3, -0.25) is 14.9 Å². The van der Waals surface area contributed by atoms with Crippen LogP contribution in [0.25, 0.3) is 17.0 Å². The molecule has 0 bridgehead atoms. The van der Waals surface area contributed by atoms with E-state index in [1.807, 2.05) is 18.2 Å². The summed E-state index contributed by atoms with van der Waals surface area (Å²) < 4.78 is 0. The van der Waals surface area contributed by atoms with Crippen LogP contribution < -0.4 is 5.32 Å². The average Bonchev–Trinajstić information content (AvgIpc) is 2.59. The predicted octanol–water partition coefficient (Wildman–Crippen LogP) is 3.20. The molecule has 0 aliphatic rings. The Labute approximate surface area is 142 Å². The van der Waals surface area contributed by atoms with Crippen LogP contribution in [0, 0.1) is 10.1 Å². The molecule has 0 saturated heterocycles. The number of hydrogen-bond donors (Lipinski definition) is 2. The molecule has 3 aromatic rings. The molecule has 0 unspecified atom stereocenters. The number of para-hydroxylation sites is 1. The smallest absolute Gasteiger partial charge is 0.334 e. The molecule has 124 valence electrons. The number of hydrogen-bond acceptors (Lipinski definition) is 5. The molecule has 2 N–H and O–H groups in total. The molecule has 0 fully saturated rings. The molecule has 0 saturated carbocycles. The summed E-state index contributed by atoms with van der Waals surface area (Å²) in [7, 11) is 0. The third-order valence-corrected chi connectivity index (χ3v) is 3.44. The molecular weight excluding hydrogens is 322 g/mol. The molecule has 0 atom stereocenters. The van der Waals surface area contributed by atoms with Gasteiger partial charge in [-0.05, 0) is 35.9 Å². The number of carbonyl (C=O) groups excluding carboxylic acids is 1. The SMILES string of the molecule is O=C(Nc1ccc2ccccc2n1)C(=Cc1cccc(O)c1)[N+](=O)[O-]. The largest absolute Gasteiger partial charge is 0.508 e. The zero-order valence-corrected chi connectivity index (χ0v) is 12.9. The maximum atomic E-state index is 12.3. The molecule has 0 radical (unpaired) electrons. The molecule has 7 heteroatoms. The highest BCUT2D eigenvalue weighted by molar-refractivity contribution is 6.04. The van der Waals surface area contributed by atoms with Crippen molar-refractivity contribution in [2.45, 2.75) is 0 Å². The summed E-state index contributed by atoms with van der Waals surface area (Å²) in [4.78, 5) is 27.0. The van der Waals surface area contributed by atoms with Gasteiger partial charge in [-0.2, -0.15) is 0 Å². The number of nitro groups is 1. The first-order chi connectivity index (χ1) is 12.0. The third kappa shape index (κ3) is 3.78. The van der Waals surface area contributed by atoms with Crippen molar-refractivity contribution in [3.63, 3.8) is 0 Å². The topological polar surface area (TPSA) is 105 Å². The summed E-state index contributed by atoms with van der Waals surface area (Å²) in [5.41, 5.74) is 0.355. The first-order valence-corrected chi connectivity index (χ1v) is 7.35. The van der Waals surface area contributed by atoms with Crippen LogP contribution >= 0.6 is 0 Å². The lowest BCUT2D eigenvalue weighted by molar-refractivity contribution is -0.416. The fourth-order valence-corrected chi connectivity index (χ4v) is 2.29. The van der Waals surface area contributed by atoms with E-state index in [-0.39, 0.29) is 11.6 Å². The van der Waals surface area contributed by atoms with Gasteiger partial charge in [-0.25, -0.2) is 4.98 Å². The predicted molar refractivity (Wildman–Crippen MR) is 93.5 cm³/mol. The molecule has 0 aliphatic heterocycles. The van der Waals surface area contributed by atoms with Crippen molar-refractivity contribution >= 4 is 28.7 Å². The highest BCUT2D eigenvalue weighted by Gasteiger charge is 2.22. The van der Waals surface area contributed by atoms with Gasteiger partial charge < -0.3 is 10.4 Å². The second-order valence-corrected chi connectivity index (χ2v) is 5.22. The number of nitrogens with zero attached hydrogens (tertiary/aromatic N) is 2. The monoisotopic (exact) mass is 335 g/mol. The van der Waals surface area contributed by atoms with E-state index in [0.717, 1.165) is 11.5 Å². The van der Waals surface area contributed by atoms with Crippen molar-refractivity contribution in [1.29, 1.82) is 0 Å². The minimum Gasteiger partial charge on any atom is -0.508 e. The minimum absolute atomic E-state index is 0.0481. The van der Waals surface area contributed by atoms with E-state index in [2.05, 4.69) is 10.3 Å². The first kappa shape index (κ1) is 16.1. The Kier molecular flexibility index (Phi) is 4.38. The summed E-state index contributed by atoms with van der Waals surface area (Å²) in [6.45, 7) is 0. The fraction of sp³-hybridized carbons (Fsp3) is 0. The van der Waals surface area contributed by atoms with Gasteiger partial charge in [0.15, 0.2) is 0 Å². The zero-order chi connectivity index (χ0) is 17.8. The van der Waals surface area contributed by atoms with E-state index < -0.39 is 16.5 Å². The van der Waals surface area contributed by atoms with Crippen LogP contribution in [0.2, 0.25) is 0 Å².